The Hall–Kier alpha value is -3.02. The number of rotatable bonds is 6. The molecule has 0 atom stereocenters. The average molecular weight is 482 g/mol. The van der Waals surface area contributed by atoms with Gasteiger partial charge in [0, 0.05) is 5.56 Å². The van der Waals surface area contributed by atoms with E-state index in [-0.39, 0.29) is 11.0 Å². The molecule has 35 heavy (non-hydrogen) atoms. The maximum Gasteiger partial charge on any atom is 0.416 e. The van der Waals surface area contributed by atoms with Crippen molar-refractivity contribution >= 4 is 17.6 Å². The monoisotopic (exact) mass is 481 g/mol. The Morgan fingerprint density at radius 1 is 1.00 bits per heavy atom. The molecule has 4 aliphatic carbocycles. The highest BCUT2D eigenvalue weighted by Gasteiger charge is 2.52. The first kappa shape index (κ1) is 23.7. The number of carbonyl (C=O) groups excluding carboxylic acids is 1. The summed E-state index contributed by atoms with van der Waals surface area (Å²) in [5.41, 5.74) is 1.90. The van der Waals surface area contributed by atoms with Gasteiger partial charge in [-0.05, 0) is 109 Å². The maximum absolute atomic E-state index is 13.3. The lowest BCUT2D eigenvalue weighted by Gasteiger charge is -2.57. The molecule has 6 rings (SSSR count). The van der Waals surface area contributed by atoms with Crippen LogP contribution in [0.1, 0.15) is 60.8 Å². The van der Waals surface area contributed by atoms with Crippen molar-refractivity contribution in [3.8, 4) is 5.75 Å². The van der Waals surface area contributed by atoms with Gasteiger partial charge < -0.3 is 14.6 Å². The van der Waals surface area contributed by atoms with Gasteiger partial charge in [-0.25, -0.2) is 0 Å². The molecule has 6 heteroatoms. The molecule has 2 aromatic rings. The molecule has 0 aliphatic heterocycles. The van der Waals surface area contributed by atoms with Gasteiger partial charge >= 0.3 is 6.18 Å². The molecule has 0 aromatic heterocycles. The largest absolute Gasteiger partial charge is 0.545 e. The Labute approximate surface area is 203 Å². The number of carbonyl (C=O) groups is 1. The van der Waals surface area contributed by atoms with Gasteiger partial charge in [0.05, 0.1) is 18.6 Å². The highest BCUT2D eigenvalue weighted by atomic mass is 19.4. The highest BCUT2D eigenvalue weighted by molar-refractivity contribution is 5.91. The third kappa shape index (κ3) is 4.75. The summed E-state index contributed by atoms with van der Waals surface area (Å²) in [6.45, 7) is 0. The van der Waals surface area contributed by atoms with Crippen LogP contribution in [-0.2, 0) is 16.4 Å². The van der Waals surface area contributed by atoms with Crippen LogP contribution in [-0.4, -0.2) is 13.1 Å². The number of halogens is 3. The molecule has 184 valence electrons. The summed E-state index contributed by atoms with van der Waals surface area (Å²) in [6, 6.07) is 10.8. The number of hydrogen-bond donors (Lipinski definition) is 0. The summed E-state index contributed by atoms with van der Waals surface area (Å²) in [5, 5.41) is 11.0. The Bertz CT molecular complexity index is 1160. The molecule has 0 saturated heterocycles. The molecule has 4 bridgehead atoms. The highest BCUT2D eigenvalue weighted by Crippen LogP contribution is 2.61. The Morgan fingerprint density at radius 2 is 1.66 bits per heavy atom. The van der Waals surface area contributed by atoms with Crippen LogP contribution in [0.5, 0.6) is 5.75 Å². The second kappa shape index (κ2) is 8.89. The summed E-state index contributed by atoms with van der Waals surface area (Å²) < 4.78 is 45.6. The van der Waals surface area contributed by atoms with Crippen LogP contribution in [0.3, 0.4) is 0 Å². The fraction of sp³-hybridized carbons (Fsp3) is 0.414. The SMILES string of the molecule is COc1cc(/C=C(/C=CC(=O)[O-])c2cccc(C(F)(F)F)c2)ccc1C12CC3CC(CC(C3)C1)C2. The number of hydrogen-bond acceptors (Lipinski definition) is 3. The van der Waals surface area contributed by atoms with Crippen molar-refractivity contribution < 1.29 is 27.8 Å². The molecule has 4 fully saturated rings. The molecule has 0 heterocycles. The summed E-state index contributed by atoms with van der Waals surface area (Å²) in [7, 11) is 1.65. The summed E-state index contributed by atoms with van der Waals surface area (Å²) in [6.07, 6.45) is 6.87. The summed E-state index contributed by atoms with van der Waals surface area (Å²) >= 11 is 0. The van der Waals surface area contributed by atoms with Crippen LogP contribution in [0, 0.1) is 17.8 Å². The van der Waals surface area contributed by atoms with Gasteiger partial charge in [0.2, 0.25) is 0 Å². The molecule has 0 N–H and O–H groups in total. The lowest BCUT2D eigenvalue weighted by atomic mass is 9.48. The van der Waals surface area contributed by atoms with Crippen LogP contribution in [0.25, 0.3) is 11.6 Å². The molecule has 0 amide bonds. The fourth-order valence-corrected chi connectivity index (χ4v) is 7.12. The second-order valence-electron chi connectivity index (χ2n) is 10.5. The van der Waals surface area contributed by atoms with Gasteiger partial charge in [0.15, 0.2) is 0 Å². The van der Waals surface area contributed by atoms with Crippen LogP contribution in [0.15, 0.2) is 54.6 Å². The van der Waals surface area contributed by atoms with Crippen LogP contribution >= 0.6 is 0 Å². The number of aliphatic carboxylic acids is 1. The average Bonchev–Trinajstić information content (AvgIpc) is 2.80. The van der Waals surface area contributed by atoms with E-state index in [0.717, 1.165) is 47.3 Å². The zero-order chi connectivity index (χ0) is 24.8. The molecule has 0 spiro atoms. The van der Waals surface area contributed by atoms with Crippen molar-refractivity contribution in [1.29, 1.82) is 0 Å². The molecular formula is C29H28F3O3-. The van der Waals surface area contributed by atoms with Gasteiger partial charge in [-0.2, -0.15) is 13.2 Å². The normalized spacial score (nSPS) is 28.0. The Morgan fingerprint density at radius 3 is 2.23 bits per heavy atom. The Balaban J connectivity index is 1.53. The van der Waals surface area contributed by atoms with Gasteiger partial charge in [-0.15, -0.1) is 0 Å². The van der Waals surface area contributed by atoms with Crippen molar-refractivity contribution in [3.63, 3.8) is 0 Å². The van der Waals surface area contributed by atoms with Gasteiger partial charge in [-0.1, -0.05) is 30.3 Å². The van der Waals surface area contributed by atoms with Crippen molar-refractivity contribution in [2.75, 3.05) is 7.11 Å². The number of carboxylic acids is 1. The number of methoxy groups -OCH3 is 1. The van der Waals surface area contributed by atoms with Crippen LogP contribution in [0.4, 0.5) is 13.2 Å². The maximum atomic E-state index is 13.3. The molecule has 0 radical (unpaired) electrons. The minimum atomic E-state index is -4.50. The van der Waals surface area contributed by atoms with Gasteiger partial charge in [-0.3, -0.25) is 0 Å². The predicted octanol–water partition coefficient (Wildman–Crippen LogP) is 6.03. The van der Waals surface area contributed by atoms with Gasteiger partial charge in [0.25, 0.3) is 0 Å². The minimum Gasteiger partial charge on any atom is -0.545 e. The molecule has 3 nitrogen and oxygen atoms in total. The minimum absolute atomic E-state index is 0.140. The summed E-state index contributed by atoms with van der Waals surface area (Å²) in [5.74, 6) is 1.72. The van der Waals surface area contributed by atoms with E-state index in [1.54, 1.807) is 13.2 Å². The first-order valence-corrected chi connectivity index (χ1v) is 12.1. The standard InChI is InChI=1S/C29H29F3O3/c1-35-26-13-18(5-7-25(26)28-15-19-9-20(16-28)11-21(10-19)17-28)12-23(6-8-27(33)34)22-3-2-4-24(14-22)29(30,31)32/h2-8,12-14,19-21H,9-11,15-17H2,1H3,(H,33,34)/p-1/b8-6?,23-12-. The third-order valence-electron chi connectivity index (χ3n) is 8.08. The second-order valence-corrected chi connectivity index (χ2v) is 10.5. The van der Waals surface area contributed by atoms with Crippen molar-refractivity contribution in [1.82, 2.24) is 0 Å². The lowest BCUT2D eigenvalue weighted by Crippen LogP contribution is -2.48. The van der Waals surface area contributed by atoms with E-state index in [1.165, 1.54) is 62.3 Å². The van der Waals surface area contributed by atoms with E-state index >= 15 is 0 Å². The number of ether oxygens (including phenoxy) is 1. The van der Waals surface area contributed by atoms with Crippen molar-refractivity contribution in [2.24, 2.45) is 17.8 Å². The number of carboxylic acid groups (broad SMARTS) is 1. The molecular weight excluding hydrogens is 453 g/mol. The van der Waals surface area contributed by atoms with Crippen LogP contribution < -0.4 is 9.84 Å². The molecule has 4 saturated carbocycles. The number of allylic oxidation sites excluding steroid dienone is 2. The molecule has 2 aromatic carbocycles. The predicted molar refractivity (Wildman–Crippen MR) is 126 cm³/mol. The van der Waals surface area contributed by atoms with Crippen LogP contribution in [0.2, 0.25) is 0 Å². The van der Waals surface area contributed by atoms with E-state index in [0.29, 0.717) is 5.57 Å². The first-order chi connectivity index (χ1) is 16.6. The smallest absolute Gasteiger partial charge is 0.416 e. The van der Waals surface area contributed by atoms with Gasteiger partial charge in [0.1, 0.15) is 5.75 Å². The van der Waals surface area contributed by atoms with E-state index in [2.05, 4.69) is 6.07 Å². The Kier molecular flexibility index (Phi) is 6.02. The van der Waals surface area contributed by atoms with E-state index in [9.17, 15) is 23.1 Å². The zero-order valence-corrected chi connectivity index (χ0v) is 19.6. The zero-order valence-electron chi connectivity index (χ0n) is 19.6. The van der Waals surface area contributed by atoms with E-state index < -0.39 is 17.7 Å². The fourth-order valence-electron chi connectivity index (χ4n) is 7.12. The molecule has 0 unspecified atom stereocenters. The first-order valence-electron chi connectivity index (χ1n) is 12.1. The summed E-state index contributed by atoms with van der Waals surface area (Å²) in [4.78, 5) is 11.0. The number of alkyl halides is 3. The van der Waals surface area contributed by atoms with Crippen molar-refractivity contribution in [3.05, 3.63) is 76.9 Å². The molecule has 4 aliphatic rings. The van der Waals surface area contributed by atoms with E-state index in [4.69, 9.17) is 4.74 Å². The third-order valence-corrected chi connectivity index (χ3v) is 8.08. The van der Waals surface area contributed by atoms with E-state index in [1.807, 2.05) is 12.1 Å². The quantitative estimate of drug-likeness (QED) is 0.288. The van der Waals surface area contributed by atoms with Crippen molar-refractivity contribution in [2.45, 2.75) is 50.1 Å². The number of benzene rings is 2. The topological polar surface area (TPSA) is 49.4 Å². The lowest BCUT2D eigenvalue weighted by molar-refractivity contribution is -0.297.